The van der Waals surface area contributed by atoms with Crippen LogP contribution in [0.5, 0.6) is 11.5 Å². The monoisotopic (exact) mass is 493 g/mol. The zero-order valence-electron chi connectivity index (χ0n) is 21.6. The minimum atomic E-state index is -0.392. The van der Waals surface area contributed by atoms with Gasteiger partial charge in [-0.2, -0.15) is 0 Å². The minimum Gasteiger partial charge on any atom is -0.497 e. The third-order valence-electron chi connectivity index (χ3n) is 7.39. The molecule has 2 fully saturated rings. The number of nitrogens with zero attached hydrogens (tertiary/aromatic N) is 2. The number of likely N-dealkylation sites (tertiary alicyclic amines) is 1. The van der Waals surface area contributed by atoms with E-state index >= 15 is 0 Å². The topological polar surface area (TPSA) is 71.1 Å². The lowest BCUT2D eigenvalue weighted by Gasteiger charge is -2.41. The molecule has 0 radical (unpaired) electrons. The average Bonchev–Trinajstić information content (AvgIpc) is 3.20. The summed E-state index contributed by atoms with van der Waals surface area (Å²) in [7, 11) is 3.25. The number of ether oxygens (including phenoxy) is 2. The van der Waals surface area contributed by atoms with E-state index in [0.717, 1.165) is 48.8 Å². The molecular formula is C29H39N3O4. The Labute approximate surface area is 214 Å². The molecule has 0 spiro atoms. The fourth-order valence-electron chi connectivity index (χ4n) is 5.40. The maximum Gasteiger partial charge on any atom is 0.227 e. The van der Waals surface area contributed by atoms with Crippen LogP contribution in [0.2, 0.25) is 0 Å². The summed E-state index contributed by atoms with van der Waals surface area (Å²) >= 11 is 0. The molecule has 7 heteroatoms. The number of carbonyl (C=O) groups excluding carboxylic acids is 2. The van der Waals surface area contributed by atoms with Crippen LogP contribution in [0, 0.1) is 5.92 Å². The van der Waals surface area contributed by atoms with Gasteiger partial charge in [0.15, 0.2) is 0 Å². The lowest BCUT2D eigenvalue weighted by atomic mass is 9.83. The van der Waals surface area contributed by atoms with E-state index in [1.54, 1.807) is 19.1 Å². The van der Waals surface area contributed by atoms with E-state index < -0.39 is 6.04 Å². The highest BCUT2D eigenvalue weighted by Gasteiger charge is 2.41. The second kappa shape index (κ2) is 12.8. The Hall–Kier alpha value is -3.06. The lowest BCUT2D eigenvalue weighted by Crippen LogP contribution is -2.48. The molecule has 0 saturated carbocycles. The molecule has 36 heavy (non-hydrogen) atoms. The standard InChI is InChI=1S/C29H39N3O4/c1-35-24-12-8-22(9-13-24)28-26(29(34)30-18-7-21-31-19-5-3-4-6-20-31)16-17-27(33)32(28)23-10-14-25(36-2)15-11-23/h8-15,26,28H,3-7,16-21H2,1-2H3,(H,30,34)/t26-,28-/m1/s1. The first-order valence-electron chi connectivity index (χ1n) is 13.2. The lowest BCUT2D eigenvalue weighted by molar-refractivity contribution is -0.129. The number of hydrogen-bond donors (Lipinski definition) is 1. The summed E-state index contributed by atoms with van der Waals surface area (Å²) in [6.07, 6.45) is 6.99. The van der Waals surface area contributed by atoms with Crippen LogP contribution >= 0.6 is 0 Å². The van der Waals surface area contributed by atoms with Crippen molar-refractivity contribution in [3.05, 3.63) is 54.1 Å². The van der Waals surface area contributed by atoms with Gasteiger partial charge < -0.3 is 24.6 Å². The van der Waals surface area contributed by atoms with Gasteiger partial charge in [-0.05, 0) is 87.3 Å². The van der Waals surface area contributed by atoms with Crippen molar-refractivity contribution >= 4 is 17.5 Å². The number of rotatable bonds is 9. The highest BCUT2D eigenvalue weighted by molar-refractivity contribution is 5.97. The van der Waals surface area contributed by atoms with Crippen molar-refractivity contribution in [3.8, 4) is 11.5 Å². The Morgan fingerprint density at radius 1 is 0.917 bits per heavy atom. The third kappa shape index (κ3) is 6.38. The molecule has 2 aliphatic heterocycles. The van der Waals surface area contributed by atoms with Crippen LogP contribution in [-0.4, -0.2) is 57.1 Å². The van der Waals surface area contributed by atoms with Gasteiger partial charge in [-0.1, -0.05) is 25.0 Å². The highest BCUT2D eigenvalue weighted by atomic mass is 16.5. The van der Waals surface area contributed by atoms with E-state index in [0.29, 0.717) is 19.4 Å². The van der Waals surface area contributed by atoms with Crippen LogP contribution in [0.25, 0.3) is 0 Å². The second-order valence-electron chi connectivity index (χ2n) is 9.73. The molecule has 4 rings (SSSR count). The minimum absolute atomic E-state index is 0.0118. The van der Waals surface area contributed by atoms with Gasteiger partial charge in [-0.25, -0.2) is 0 Å². The normalized spacial score (nSPS) is 21.1. The molecule has 2 amide bonds. The van der Waals surface area contributed by atoms with Crippen molar-refractivity contribution in [2.75, 3.05) is 45.3 Å². The number of benzene rings is 2. The summed E-state index contributed by atoms with van der Waals surface area (Å²) in [6.45, 7) is 3.99. The molecule has 1 N–H and O–H groups in total. The molecular weight excluding hydrogens is 454 g/mol. The molecule has 7 nitrogen and oxygen atoms in total. The van der Waals surface area contributed by atoms with Crippen molar-refractivity contribution < 1.29 is 19.1 Å². The number of nitrogens with one attached hydrogen (secondary N) is 1. The van der Waals surface area contributed by atoms with Gasteiger partial charge in [0.25, 0.3) is 0 Å². The Balaban J connectivity index is 1.50. The molecule has 2 aromatic rings. The summed E-state index contributed by atoms with van der Waals surface area (Å²) in [5.41, 5.74) is 1.68. The van der Waals surface area contributed by atoms with E-state index in [4.69, 9.17) is 9.47 Å². The van der Waals surface area contributed by atoms with Gasteiger partial charge in [0.1, 0.15) is 11.5 Å². The molecule has 2 aromatic carbocycles. The highest BCUT2D eigenvalue weighted by Crippen LogP contribution is 2.41. The maximum absolute atomic E-state index is 13.5. The van der Waals surface area contributed by atoms with Crippen LogP contribution < -0.4 is 19.7 Å². The van der Waals surface area contributed by atoms with Crippen molar-refractivity contribution in [3.63, 3.8) is 0 Å². The Morgan fingerprint density at radius 3 is 2.14 bits per heavy atom. The largest absolute Gasteiger partial charge is 0.497 e. The predicted molar refractivity (Wildman–Crippen MR) is 141 cm³/mol. The van der Waals surface area contributed by atoms with Crippen LogP contribution in [0.1, 0.15) is 56.6 Å². The number of piperidine rings is 1. The summed E-state index contributed by atoms with van der Waals surface area (Å²) in [4.78, 5) is 31.0. The van der Waals surface area contributed by atoms with E-state index in [-0.39, 0.29) is 17.7 Å². The Kier molecular flexibility index (Phi) is 9.23. The summed E-state index contributed by atoms with van der Waals surface area (Å²) in [6, 6.07) is 14.8. The zero-order valence-corrected chi connectivity index (χ0v) is 21.6. The maximum atomic E-state index is 13.5. The van der Waals surface area contributed by atoms with Gasteiger partial charge in [-0.15, -0.1) is 0 Å². The van der Waals surface area contributed by atoms with Gasteiger partial charge in [0, 0.05) is 18.7 Å². The number of carbonyl (C=O) groups is 2. The Morgan fingerprint density at radius 2 is 1.53 bits per heavy atom. The van der Waals surface area contributed by atoms with E-state index in [2.05, 4.69) is 10.2 Å². The van der Waals surface area contributed by atoms with Gasteiger partial charge in [0.05, 0.1) is 26.2 Å². The van der Waals surface area contributed by atoms with Gasteiger partial charge >= 0.3 is 0 Å². The predicted octanol–water partition coefficient (Wildman–Crippen LogP) is 4.57. The fraction of sp³-hybridized carbons (Fsp3) is 0.517. The quantitative estimate of drug-likeness (QED) is 0.518. The second-order valence-corrected chi connectivity index (χ2v) is 9.73. The molecule has 0 unspecified atom stereocenters. The van der Waals surface area contributed by atoms with Gasteiger partial charge in [0.2, 0.25) is 11.8 Å². The summed E-state index contributed by atoms with van der Waals surface area (Å²) in [5.74, 6) is 1.16. The Bertz CT molecular complexity index is 985. The molecule has 2 saturated heterocycles. The molecule has 2 atom stereocenters. The molecule has 2 heterocycles. The molecule has 0 bridgehead atoms. The van der Waals surface area contributed by atoms with Crippen LogP contribution in [-0.2, 0) is 9.59 Å². The van der Waals surface area contributed by atoms with E-state index in [9.17, 15) is 9.59 Å². The smallest absolute Gasteiger partial charge is 0.227 e. The van der Waals surface area contributed by atoms with Crippen molar-refractivity contribution in [2.45, 2.75) is 51.0 Å². The average molecular weight is 494 g/mol. The fourth-order valence-corrected chi connectivity index (χ4v) is 5.40. The molecule has 2 aliphatic rings. The van der Waals surface area contributed by atoms with Crippen molar-refractivity contribution in [1.29, 1.82) is 0 Å². The van der Waals surface area contributed by atoms with Gasteiger partial charge in [-0.3, -0.25) is 9.59 Å². The number of amides is 2. The number of methoxy groups -OCH3 is 2. The third-order valence-corrected chi connectivity index (χ3v) is 7.39. The van der Waals surface area contributed by atoms with Crippen LogP contribution in [0.15, 0.2) is 48.5 Å². The van der Waals surface area contributed by atoms with Crippen molar-refractivity contribution in [2.24, 2.45) is 5.92 Å². The molecule has 0 aromatic heterocycles. The number of anilines is 1. The number of hydrogen-bond acceptors (Lipinski definition) is 5. The first-order valence-corrected chi connectivity index (χ1v) is 13.2. The molecule has 194 valence electrons. The van der Waals surface area contributed by atoms with Crippen LogP contribution in [0.4, 0.5) is 5.69 Å². The first kappa shape index (κ1) is 26.0. The van der Waals surface area contributed by atoms with E-state index in [1.165, 1.54) is 25.7 Å². The van der Waals surface area contributed by atoms with Crippen molar-refractivity contribution in [1.82, 2.24) is 10.2 Å². The summed E-state index contributed by atoms with van der Waals surface area (Å²) in [5, 5.41) is 3.19. The zero-order chi connectivity index (χ0) is 25.3. The summed E-state index contributed by atoms with van der Waals surface area (Å²) < 4.78 is 10.6. The van der Waals surface area contributed by atoms with E-state index in [1.807, 2.05) is 48.5 Å². The van der Waals surface area contributed by atoms with Crippen LogP contribution in [0.3, 0.4) is 0 Å². The molecule has 0 aliphatic carbocycles. The first-order chi connectivity index (χ1) is 17.6. The SMILES string of the molecule is COc1ccc([C@@H]2[C@H](C(=O)NCCCN3CCCCCC3)CCC(=O)N2c2ccc(OC)cc2)cc1.